The molecular weight excluding hydrogens is 426 g/mol. The molecule has 0 radical (unpaired) electrons. The Morgan fingerprint density at radius 3 is 2.86 bits per heavy atom. The molecule has 2 N–H and O–H groups in total. The van der Waals surface area contributed by atoms with Gasteiger partial charge < -0.3 is 24.3 Å². The number of hydrogen-bond acceptors (Lipinski definition) is 6. The van der Waals surface area contributed by atoms with E-state index < -0.39 is 12.1 Å². The minimum absolute atomic E-state index is 0.00594. The molecule has 7 heteroatoms. The Balaban J connectivity index is 1.78. The average molecular weight is 448 g/mol. The summed E-state index contributed by atoms with van der Waals surface area (Å²) in [5.41, 5.74) is 2.48. The summed E-state index contributed by atoms with van der Waals surface area (Å²) >= 11 is 3.46. The van der Waals surface area contributed by atoms with Crippen molar-refractivity contribution in [2.75, 3.05) is 25.1 Å². The SMILES string of the molecule is CCOC(=O)Cc1cccc(N(C)C[C@H](O)c2cc(Br)c3occc3c2)c1O. The number of nitrogens with zero attached hydrogens (tertiary/aromatic N) is 1. The van der Waals surface area contributed by atoms with Crippen molar-refractivity contribution in [3.05, 3.63) is 58.3 Å². The average Bonchev–Trinajstić information content (AvgIpc) is 3.12. The van der Waals surface area contributed by atoms with Gasteiger partial charge in [-0.15, -0.1) is 0 Å². The minimum Gasteiger partial charge on any atom is -0.505 e. The highest BCUT2D eigenvalue weighted by molar-refractivity contribution is 9.10. The van der Waals surface area contributed by atoms with Gasteiger partial charge in [0.15, 0.2) is 0 Å². The number of halogens is 1. The van der Waals surface area contributed by atoms with E-state index in [9.17, 15) is 15.0 Å². The predicted octanol–water partition coefficient (Wildman–Crippen LogP) is 4.18. The summed E-state index contributed by atoms with van der Waals surface area (Å²) in [7, 11) is 1.78. The zero-order valence-corrected chi connectivity index (χ0v) is 17.3. The number of para-hydroxylation sites is 1. The molecule has 0 aliphatic rings. The van der Waals surface area contributed by atoms with Crippen molar-refractivity contribution in [1.82, 2.24) is 0 Å². The van der Waals surface area contributed by atoms with Gasteiger partial charge in [-0.05, 0) is 52.7 Å². The molecule has 0 bridgehead atoms. The van der Waals surface area contributed by atoms with Crippen LogP contribution in [0.25, 0.3) is 11.0 Å². The van der Waals surface area contributed by atoms with Crippen molar-refractivity contribution in [2.45, 2.75) is 19.4 Å². The second kappa shape index (κ2) is 8.67. The molecule has 6 nitrogen and oxygen atoms in total. The van der Waals surface area contributed by atoms with E-state index in [0.29, 0.717) is 17.9 Å². The molecule has 0 spiro atoms. The number of ether oxygens (including phenoxy) is 1. The number of esters is 1. The van der Waals surface area contributed by atoms with Gasteiger partial charge in [-0.25, -0.2) is 0 Å². The Hall–Kier alpha value is -2.51. The van der Waals surface area contributed by atoms with Crippen LogP contribution in [0.15, 0.2) is 51.6 Å². The lowest BCUT2D eigenvalue weighted by atomic mass is 10.1. The fourth-order valence-corrected chi connectivity index (χ4v) is 3.70. The highest BCUT2D eigenvalue weighted by Crippen LogP contribution is 2.33. The van der Waals surface area contributed by atoms with E-state index in [1.807, 2.05) is 18.2 Å². The first-order chi connectivity index (χ1) is 13.4. The number of rotatable bonds is 7. The third-order valence-corrected chi connectivity index (χ3v) is 5.10. The number of benzene rings is 2. The number of carbonyl (C=O) groups excluding carboxylic acids is 1. The third-order valence-electron chi connectivity index (χ3n) is 4.51. The highest BCUT2D eigenvalue weighted by atomic mass is 79.9. The van der Waals surface area contributed by atoms with E-state index in [2.05, 4.69) is 15.9 Å². The van der Waals surface area contributed by atoms with Crippen molar-refractivity contribution in [1.29, 1.82) is 0 Å². The van der Waals surface area contributed by atoms with Crippen LogP contribution in [0.5, 0.6) is 5.75 Å². The number of aliphatic hydroxyl groups excluding tert-OH is 1. The molecular formula is C21H22BrNO5. The maximum Gasteiger partial charge on any atom is 0.310 e. The summed E-state index contributed by atoms with van der Waals surface area (Å²) in [6.07, 6.45) is 0.812. The van der Waals surface area contributed by atoms with E-state index in [-0.39, 0.29) is 18.7 Å². The maximum absolute atomic E-state index is 11.7. The first-order valence-electron chi connectivity index (χ1n) is 8.93. The second-order valence-corrected chi connectivity index (χ2v) is 7.36. The molecule has 0 saturated heterocycles. The fraction of sp³-hybridized carbons (Fsp3) is 0.286. The van der Waals surface area contributed by atoms with Gasteiger partial charge in [0.1, 0.15) is 11.3 Å². The number of aromatic hydroxyl groups is 1. The van der Waals surface area contributed by atoms with Gasteiger partial charge >= 0.3 is 5.97 Å². The second-order valence-electron chi connectivity index (χ2n) is 6.50. The van der Waals surface area contributed by atoms with Crippen molar-refractivity contribution in [2.24, 2.45) is 0 Å². The van der Waals surface area contributed by atoms with Crippen LogP contribution in [0, 0.1) is 0 Å². The molecule has 148 valence electrons. The third kappa shape index (κ3) is 4.31. The number of likely N-dealkylation sites (N-methyl/N-ethyl adjacent to an activating group) is 1. The molecule has 28 heavy (non-hydrogen) atoms. The van der Waals surface area contributed by atoms with Crippen LogP contribution in [0.3, 0.4) is 0 Å². The standard InChI is InChI=1S/C21H22BrNO5/c1-3-27-19(25)11-13-5-4-6-17(20(13)26)23(2)12-18(24)15-9-14-7-8-28-21(14)16(22)10-15/h4-10,18,24,26H,3,11-12H2,1-2H3/t18-/m0/s1. The first kappa shape index (κ1) is 20.2. The quantitative estimate of drug-likeness (QED) is 0.528. The molecule has 3 rings (SSSR count). The summed E-state index contributed by atoms with van der Waals surface area (Å²) in [5.74, 6) is -0.382. The molecule has 0 aliphatic carbocycles. The Labute approximate surface area is 171 Å². The Morgan fingerprint density at radius 1 is 1.32 bits per heavy atom. The van der Waals surface area contributed by atoms with Crippen molar-refractivity contribution >= 4 is 38.6 Å². The van der Waals surface area contributed by atoms with E-state index in [4.69, 9.17) is 9.15 Å². The number of furan rings is 1. The van der Waals surface area contributed by atoms with E-state index in [0.717, 1.165) is 21.0 Å². The largest absolute Gasteiger partial charge is 0.505 e. The predicted molar refractivity (Wildman–Crippen MR) is 111 cm³/mol. The topological polar surface area (TPSA) is 83.1 Å². The van der Waals surface area contributed by atoms with Gasteiger partial charge in [0, 0.05) is 24.5 Å². The molecule has 1 heterocycles. The fourth-order valence-electron chi connectivity index (χ4n) is 3.11. The minimum atomic E-state index is -0.784. The van der Waals surface area contributed by atoms with Gasteiger partial charge in [-0.3, -0.25) is 4.79 Å². The Bertz CT molecular complexity index is 984. The number of anilines is 1. The van der Waals surface area contributed by atoms with Gasteiger partial charge in [0.05, 0.1) is 35.6 Å². The zero-order chi connectivity index (χ0) is 20.3. The summed E-state index contributed by atoms with van der Waals surface area (Å²) in [4.78, 5) is 13.5. The van der Waals surface area contributed by atoms with E-state index >= 15 is 0 Å². The van der Waals surface area contributed by atoms with Gasteiger partial charge in [0.25, 0.3) is 0 Å². The van der Waals surface area contributed by atoms with Crippen LogP contribution in [0.4, 0.5) is 5.69 Å². The smallest absolute Gasteiger partial charge is 0.310 e. The number of aliphatic hydroxyl groups is 1. The maximum atomic E-state index is 11.7. The lowest BCUT2D eigenvalue weighted by Gasteiger charge is -2.24. The molecule has 1 atom stereocenters. The van der Waals surface area contributed by atoms with Crippen LogP contribution in [-0.4, -0.2) is 36.4 Å². The van der Waals surface area contributed by atoms with Crippen molar-refractivity contribution < 1.29 is 24.2 Å². The lowest BCUT2D eigenvalue weighted by molar-refractivity contribution is -0.142. The van der Waals surface area contributed by atoms with Crippen LogP contribution < -0.4 is 4.90 Å². The van der Waals surface area contributed by atoms with E-state index in [1.165, 1.54) is 0 Å². The monoisotopic (exact) mass is 447 g/mol. The Kier molecular flexibility index (Phi) is 6.26. The lowest BCUT2D eigenvalue weighted by Crippen LogP contribution is -2.24. The van der Waals surface area contributed by atoms with Crippen molar-refractivity contribution in [3.63, 3.8) is 0 Å². The molecule has 0 aliphatic heterocycles. The molecule has 0 saturated carbocycles. The van der Waals surface area contributed by atoms with Gasteiger partial charge in [-0.1, -0.05) is 12.1 Å². The molecule has 1 aromatic heterocycles. The number of fused-ring (bicyclic) bond motifs is 1. The van der Waals surface area contributed by atoms with Crippen molar-refractivity contribution in [3.8, 4) is 5.75 Å². The van der Waals surface area contributed by atoms with Gasteiger partial charge in [0.2, 0.25) is 0 Å². The summed E-state index contributed by atoms with van der Waals surface area (Å²) in [5, 5.41) is 22.2. The summed E-state index contributed by atoms with van der Waals surface area (Å²) < 4.78 is 11.1. The normalized spacial score (nSPS) is 12.1. The van der Waals surface area contributed by atoms with Crippen LogP contribution in [0.2, 0.25) is 0 Å². The number of carbonyl (C=O) groups is 1. The molecule has 0 unspecified atom stereocenters. The number of phenols is 1. The number of phenolic OH excluding ortho intramolecular Hbond substituents is 1. The van der Waals surface area contributed by atoms with Crippen LogP contribution >= 0.6 is 15.9 Å². The molecule has 2 aromatic carbocycles. The summed E-state index contributed by atoms with van der Waals surface area (Å²) in [6.45, 7) is 2.29. The zero-order valence-electron chi connectivity index (χ0n) is 15.7. The molecule has 0 fully saturated rings. The Morgan fingerprint density at radius 2 is 2.11 bits per heavy atom. The first-order valence-corrected chi connectivity index (χ1v) is 9.72. The summed E-state index contributed by atoms with van der Waals surface area (Å²) in [6, 6.07) is 10.7. The molecule has 3 aromatic rings. The van der Waals surface area contributed by atoms with Gasteiger partial charge in [-0.2, -0.15) is 0 Å². The van der Waals surface area contributed by atoms with E-state index in [1.54, 1.807) is 43.3 Å². The van der Waals surface area contributed by atoms with Crippen LogP contribution in [-0.2, 0) is 16.0 Å². The molecule has 0 amide bonds. The highest BCUT2D eigenvalue weighted by Gasteiger charge is 2.18. The van der Waals surface area contributed by atoms with Crippen LogP contribution in [0.1, 0.15) is 24.2 Å². The number of hydrogen-bond donors (Lipinski definition) is 2.